The van der Waals surface area contributed by atoms with Gasteiger partial charge in [-0.05, 0) is 56.2 Å². The van der Waals surface area contributed by atoms with Gasteiger partial charge in [-0.25, -0.2) is 4.79 Å². The molecule has 184 valence electrons. The van der Waals surface area contributed by atoms with Crippen LogP contribution in [0.5, 0.6) is 0 Å². The van der Waals surface area contributed by atoms with E-state index >= 15 is 0 Å². The van der Waals surface area contributed by atoms with Crippen molar-refractivity contribution in [1.82, 2.24) is 9.88 Å². The number of esters is 1. The number of aryl methyl sites for hydroxylation is 1. The molecule has 2 N–H and O–H groups in total. The van der Waals surface area contributed by atoms with Gasteiger partial charge in [-0.2, -0.15) is 0 Å². The molecule has 3 rings (SSSR count). The van der Waals surface area contributed by atoms with Crippen LogP contribution in [-0.2, 0) is 9.47 Å². The lowest BCUT2D eigenvalue weighted by Gasteiger charge is -2.25. The Morgan fingerprint density at radius 3 is 2.43 bits per heavy atom. The van der Waals surface area contributed by atoms with Crippen molar-refractivity contribution in [3.63, 3.8) is 0 Å². The first-order valence-electron chi connectivity index (χ1n) is 11.3. The predicted octanol–water partition coefficient (Wildman–Crippen LogP) is 4.52. The molecule has 0 saturated carbocycles. The maximum Gasteiger partial charge on any atom is 0.340 e. The average molecular weight is 478 g/mol. The number of carbonyl (C=O) groups excluding carboxylic acids is 3. The van der Waals surface area contributed by atoms with E-state index in [-0.39, 0.29) is 24.5 Å². The van der Waals surface area contributed by atoms with Gasteiger partial charge in [0, 0.05) is 31.1 Å². The van der Waals surface area contributed by atoms with Crippen LogP contribution in [0, 0.1) is 13.8 Å². The Balaban J connectivity index is 1.75. The molecule has 8 heteroatoms. The molecule has 35 heavy (non-hydrogen) atoms. The minimum Gasteiger partial charge on any atom is -0.460 e. The van der Waals surface area contributed by atoms with Gasteiger partial charge >= 0.3 is 5.97 Å². The molecule has 0 bridgehead atoms. The van der Waals surface area contributed by atoms with Gasteiger partial charge in [0.25, 0.3) is 11.8 Å². The highest BCUT2D eigenvalue weighted by Gasteiger charge is 2.27. The smallest absolute Gasteiger partial charge is 0.340 e. The fraction of sp³-hybridized carbons (Fsp3) is 0.296. The number of hydrogen-bond acceptors (Lipinski definition) is 5. The van der Waals surface area contributed by atoms with Gasteiger partial charge in [-0.1, -0.05) is 30.3 Å². The number of aromatic amines is 1. The van der Waals surface area contributed by atoms with Crippen molar-refractivity contribution < 1.29 is 23.9 Å². The summed E-state index contributed by atoms with van der Waals surface area (Å²) in [5.74, 6) is -0.958. The SMILES string of the molecule is COCCOC(=O)c1c(C)[nH]c(C(=O)N(C)C(C)c2cccc(NC(=O)c3ccccc3)c2)c1C. The van der Waals surface area contributed by atoms with E-state index in [1.54, 1.807) is 44.0 Å². The second-order valence-electron chi connectivity index (χ2n) is 8.29. The van der Waals surface area contributed by atoms with E-state index in [0.717, 1.165) is 5.56 Å². The number of H-pyrrole nitrogens is 1. The molecule has 1 heterocycles. The molecule has 0 saturated heterocycles. The predicted molar refractivity (Wildman–Crippen MR) is 134 cm³/mol. The lowest BCUT2D eigenvalue weighted by atomic mass is 10.0. The minimum absolute atomic E-state index is 0.136. The zero-order chi connectivity index (χ0) is 25.5. The van der Waals surface area contributed by atoms with Crippen LogP contribution in [0.3, 0.4) is 0 Å². The van der Waals surface area contributed by atoms with Crippen LogP contribution in [0.15, 0.2) is 54.6 Å². The lowest BCUT2D eigenvalue weighted by molar-refractivity contribution is 0.0386. The molecule has 0 fully saturated rings. The molecule has 1 atom stereocenters. The second-order valence-corrected chi connectivity index (χ2v) is 8.29. The third-order valence-electron chi connectivity index (χ3n) is 5.94. The van der Waals surface area contributed by atoms with Crippen molar-refractivity contribution in [3.8, 4) is 0 Å². The average Bonchev–Trinajstić information content (AvgIpc) is 3.17. The van der Waals surface area contributed by atoms with Gasteiger partial charge in [0.2, 0.25) is 0 Å². The number of carbonyl (C=O) groups is 3. The molecule has 3 aromatic rings. The van der Waals surface area contributed by atoms with Gasteiger partial charge in [-0.15, -0.1) is 0 Å². The Bertz CT molecular complexity index is 1200. The second kappa shape index (κ2) is 11.5. The highest BCUT2D eigenvalue weighted by atomic mass is 16.6. The first kappa shape index (κ1) is 25.7. The Hall–Kier alpha value is -3.91. The molecule has 0 aliphatic carbocycles. The molecule has 0 aliphatic heterocycles. The summed E-state index contributed by atoms with van der Waals surface area (Å²) in [6, 6.07) is 16.1. The van der Waals surface area contributed by atoms with Crippen molar-refractivity contribution in [2.24, 2.45) is 0 Å². The molecule has 1 unspecified atom stereocenters. The normalized spacial score (nSPS) is 11.6. The van der Waals surface area contributed by atoms with Crippen molar-refractivity contribution in [2.45, 2.75) is 26.8 Å². The molecule has 1 aromatic heterocycles. The van der Waals surface area contributed by atoms with Crippen LogP contribution in [-0.4, -0.2) is 55.0 Å². The topological polar surface area (TPSA) is 101 Å². The first-order valence-corrected chi connectivity index (χ1v) is 11.3. The standard InChI is InChI=1S/C27H31N3O5/c1-17-23(27(33)35-15-14-34-5)18(2)28-24(17)26(32)30(4)19(3)21-12-9-13-22(16-21)29-25(31)20-10-7-6-8-11-20/h6-13,16,19,28H,14-15H2,1-5H3,(H,29,31). The fourth-order valence-electron chi connectivity index (χ4n) is 3.80. The molecule has 8 nitrogen and oxygen atoms in total. The Labute approximate surface area is 205 Å². The quantitative estimate of drug-likeness (QED) is 0.349. The molecule has 2 aromatic carbocycles. The molecular formula is C27H31N3O5. The largest absolute Gasteiger partial charge is 0.460 e. The van der Waals surface area contributed by atoms with E-state index in [1.807, 2.05) is 43.3 Å². The number of ether oxygens (including phenoxy) is 2. The summed E-state index contributed by atoms with van der Waals surface area (Å²) in [6.45, 7) is 5.80. The molecule has 2 amide bonds. The fourth-order valence-corrected chi connectivity index (χ4v) is 3.80. The minimum atomic E-state index is -0.495. The zero-order valence-electron chi connectivity index (χ0n) is 20.7. The Kier molecular flexibility index (Phi) is 8.43. The summed E-state index contributed by atoms with van der Waals surface area (Å²) >= 11 is 0. The number of benzene rings is 2. The summed E-state index contributed by atoms with van der Waals surface area (Å²) in [6.07, 6.45) is 0. The number of aromatic nitrogens is 1. The van der Waals surface area contributed by atoms with Crippen molar-refractivity contribution in [1.29, 1.82) is 0 Å². The van der Waals surface area contributed by atoms with Crippen LogP contribution in [0.1, 0.15) is 61.0 Å². The van der Waals surface area contributed by atoms with E-state index < -0.39 is 5.97 Å². The number of methoxy groups -OCH3 is 1. The summed E-state index contributed by atoms with van der Waals surface area (Å²) in [4.78, 5) is 43.0. The monoisotopic (exact) mass is 477 g/mol. The molecular weight excluding hydrogens is 446 g/mol. The van der Waals surface area contributed by atoms with Crippen LogP contribution in [0.25, 0.3) is 0 Å². The van der Waals surface area contributed by atoms with Crippen LogP contribution in [0.4, 0.5) is 5.69 Å². The summed E-state index contributed by atoms with van der Waals surface area (Å²) in [7, 11) is 3.23. The summed E-state index contributed by atoms with van der Waals surface area (Å²) in [5, 5.41) is 2.90. The number of amides is 2. The summed E-state index contributed by atoms with van der Waals surface area (Å²) < 4.78 is 10.1. The van der Waals surface area contributed by atoms with Crippen LogP contribution >= 0.6 is 0 Å². The van der Waals surface area contributed by atoms with E-state index in [4.69, 9.17) is 9.47 Å². The number of rotatable bonds is 9. The maximum atomic E-state index is 13.3. The number of hydrogen-bond donors (Lipinski definition) is 2. The number of anilines is 1. The molecule has 0 radical (unpaired) electrons. The lowest BCUT2D eigenvalue weighted by Crippen LogP contribution is -2.30. The first-order chi connectivity index (χ1) is 16.7. The van der Waals surface area contributed by atoms with Gasteiger partial charge in [0.1, 0.15) is 12.3 Å². The zero-order valence-corrected chi connectivity index (χ0v) is 20.7. The molecule has 0 spiro atoms. The Morgan fingerprint density at radius 1 is 1.03 bits per heavy atom. The van der Waals surface area contributed by atoms with Gasteiger partial charge in [0.05, 0.1) is 18.2 Å². The Morgan fingerprint density at radius 2 is 1.74 bits per heavy atom. The van der Waals surface area contributed by atoms with Gasteiger partial charge < -0.3 is 24.7 Å². The van der Waals surface area contributed by atoms with Crippen LogP contribution in [0.2, 0.25) is 0 Å². The van der Waals surface area contributed by atoms with Crippen molar-refractivity contribution in [3.05, 3.63) is 88.2 Å². The maximum absolute atomic E-state index is 13.3. The van der Waals surface area contributed by atoms with E-state index in [2.05, 4.69) is 10.3 Å². The van der Waals surface area contributed by atoms with Crippen molar-refractivity contribution >= 4 is 23.5 Å². The highest BCUT2D eigenvalue weighted by molar-refractivity contribution is 6.04. The highest BCUT2D eigenvalue weighted by Crippen LogP contribution is 2.26. The van der Waals surface area contributed by atoms with Crippen molar-refractivity contribution in [2.75, 3.05) is 32.7 Å². The van der Waals surface area contributed by atoms with Gasteiger partial charge in [0.15, 0.2) is 0 Å². The third-order valence-corrected chi connectivity index (χ3v) is 5.94. The van der Waals surface area contributed by atoms with Crippen LogP contribution < -0.4 is 5.32 Å². The van der Waals surface area contributed by atoms with Gasteiger partial charge in [-0.3, -0.25) is 9.59 Å². The van der Waals surface area contributed by atoms with E-state index in [0.29, 0.717) is 40.4 Å². The van der Waals surface area contributed by atoms with E-state index in [1.165, 1.54) is 7.11 Å². The molecule has 0 aliphatic rings. The van der Waals surface area contributed by atoms with E-state index in [9.17, 15) is 14.4 Å². The number of nitrogens with zero attached hydrogens (tertiary/aromatic N) is 1. The number of nitrogens with one attached hydrogen (secondary N) is 2. The third kappa shape index (κ3) is 5.96. The summed E-state index contributed by atoms with van der Waals surface area (Å²) in [5.41, 5.74) is 3.86.